The lowest BCUT2D eigenvalue weighted by molar-refractivity contribution is 0.158. The van der Waals surface area contributed by atoms with Crippen LogP contribution in [-0.4, -0.2) is 24.1 Å². The van der Waals surface area contributed by atoms with Crippen LogP contribution in [0, 0.1) is 0 Å². The van der Waals surface area contributed by atoms with Crippen molar-refractivity contribution in [3.8, 4) is 0 Å². The van der Waals surface area contributed by atoms with Gasteiger partial charge in [0.1, 0.15) is 5.82 Å². The van der Waals surface area contributed by atoms with E-state index in [0.29, 0.717) is 0 Å². The lowest BCUT2D eigenvalue weighted by atomic mass is 10.2. The minimum Gasteiger partial charge on any atom is -0.380 e. The number of nitrogens with zero attached hydrogens (tertiary/aromatic N) is 1. The maximum absolute atomic E-state index is 5.26. The van der Waals surface area contributed by atoms with Gasteiger partial charge in [0.15, 0.2) is 0 Å². The average molecular weight is 222 g/mol. The predicted octanol–water partition coefficient (Wildman–Crippen LogP) is 2.74. The molecule has 0 atom stereocenters. The normalized spacial score (nSPS) is 10.7. The van der Waals surface area contributed by atoms with Gasteiger partial charge in [0.25, 0.3) is 0 Å². The van der Waals surface area contributed by atoms with Gasteiger partial charge in [-0.3, -0.25) is 0 Å². The van der Waals surface area contributed by atoms with Crippen molar-refractivity contribution in [2.45, 2.75) is 6.92 Å². The number of hydrogen-bond acceptors (Lipinski definition) is 4. The first-order valence-electron chi connectivity index (χ1n) is 5.08. The Bertz CT molecular complexity index is 427. The molecule has 0 saturated carbocycles. The van der Waals surface area contributed by atoms with Crippen molar-refractivity contribution in [3.63, 3.8) is 0 Å². The molecule has 4 heteroatoms. The standard InChI is InChI=1S/C11H14N2OS/c1-2-14-8-7-12-11-9-5-3-4-6-10(9)15-13-11/h3-6H,2,7-8H2,1H3,(H,12,13). The maximum Gasteiger partial charge on any atom is 0.147 e. The molecule has 1 aromatic heterocycles. The summed E-state index contributed by atoms with van der Waals surface area (Å²) in [5.74, 6) is 0.968. The van der Waals surface area contributed by atoms with E-state index in [1.807, 2.05) is 19.1 Å². The van der Waals surface area contributed by atoms with Gasteiger partial charge in [-0.05, 0) is 30.6 Å². The Morgan fingerprint density at radius 2 is 2.27 bits per heavy atom. The molecular formula is C11H14N2OS. The van der Waals surface area contributed by atoms with Gasteiger partial charge in [0, 0.05) is 18.5 Å². The monoisotopic (exact) mass is 222 g/mol. The highest BCUT2D eigenvalue weighted by molar-refractivity contribution is 7.13. The van der Waals surface area contributed by atoms with E-state index in [4.69, 9.17) is 4.74 Å². The summed E-state index contributed by atoms with van der Waals surface area (Å²) in [4.78, 5) is 0. The molecule has 0 amide bonds. The Morgan fingerprint density at radius 3 is 3.13 bits per heavy atom. The van der Waals surface area contributed by atoms with Gasteiger partial charge >= 0.3 is 0 Å². The fourth-order valence-electron chi connectivity index (χ4n) is 1.40. The molecule has 0 spiro atoms. The van der Waals surface area contributed by atoms with E-state index in [9.17, 15) is 0 Å². The van der Waals surface area contributed by atoms with Crippen molar-refractivity contribution >= 4 is 27.4 Å². The van der Waals surface area contributed by atoms with Crippen molar-refractivity contribution in [2.24, 2.45) is 0 Å². The Morgan fingerprint density at radius 1 is 1.40 bits per heavy atom. The van der Waals surface area contributed by atoms with Gasteiger partial charge in [0.05, 0.1) is 11.3 Å². The van der Waals surface area contributed by atoms with E-state index in [1.165, 1.54) is 21.6 Å². The van der Waals surface area contributed by atoms with Crippen LogP contribution in [0.25, 0.3) is 10.1 Å². The van der Waals surface area contributed by atoms with Gasteiger partial charge in [-0.2, -0.15) is 4.37 Å². The molecule has 0 saturated heterocycles. The number of benzene rings is 1. The topological polar surface area (TPSA) is 34.1 Å². The van der Waals surface area contributed by atoms with E-state index < -0.39 is 0 Å². The van der Waals surface area contributed by atoms with Crippen molar-refractivity contribution < 1.29 is 4.74 Å². The number of rotatable bonds is 5. The number of nitrogens with one attached hydrogen (secondary N) is 1. The molecule has 0 fully saturated rings. The van der Waals surface area contributed by atoms with Crippen LogP contribution in [0.3, 0.4) is 0 Å². The molecule has 1 aromatic carbocycles. The smallest absolute Gasteiger partial charge is 0.147 e. The second-order valence-electron chi connectivity index (χ2n) is 3.15. The van der Waals surface area contributed by atoms with Crippen LogP contribution in [-0.2, 0) is 4.74 Å². The number of anilines is 1. The van der Waals surface area contributed by atoms with Crippen LogP contribution in [0.1, 0.15) is 6.92 Å². The van der Waals surface area contributed by atoms with Gasteiger partial charge in [-0.25, -0.2) is 0 Å². The third kappa shape index (κ3) is 2.46. The molecule has 0 aliphatic heterocycles. The summed E-state index contributed by atoms with van der Waals surface area (Å²) < 4.78 is 10.8. The first kappa shape index (κ1) is 10.4. The minimum atomic E-state index is 0.725. The minimum absolute atomic E-state index is 0.725. The summed E-state index contributed by atoms with van der Waals surface area (Å²) in [6.45, 7) is 4.29. The Hall–Kier alpha value is -1.13. The van der Waals surface area contributed by atoms with Crippen LogP contribution in [0.4, 0.5) is 5.82 Å². The number of hydrogen-bond donors (Lipinski definition) is 1. The van der Waals surface area contributed by atoms with E-state index in [0.717, 1.165) is 25.6 Å². The molecule has 1 N–H and O–H groups in total. The first-order valence-corrected chi connectivity index (χ1v) is 5.85. The van der Waals surface area contributed by atoms with E-state index in [-0.39, 0.29) is 0 Å². The molecular weight excluding hydrogens is 208 g/mol. The van der Waals surface area contributed by atoms with Crippen molar-refractivity contribution in [1.29, 1.82) is 0 Å². The zero-order valence-corrected chi connectivity index (χ0v) is 9.51. The van der Waals surface area contributed by atoms with Crippen LogP contribution < -0.4 is 5.32 Å². The Kier molecular flexibility index (Phi) is 3.53. The zero-order chi connectivity index (χ0) is 10.5. The SMILES string of the molecule is CCOCCNc1nsc2ccccc12. The third-order valence-electron chi connectivity index (χ3n) is 2.12. The second-order valence-corrected chi connectivity index (χ2v) is 3.96. The van der Waals surface area contributed by atoms with Crippen molar-refractivity contribution in [1.82, 2.24) is 4.37 Å². The average Bonchev–Trinajstić information content (AvgIpc) is 2.68. The summed E-state index contributed by atoms with van der Waals surface area (Å²) in [7, 11) is 0. The molecule has 1 heterocycles. The Balaban J connectivity index is 2.02. The number of fused-ring (bicyclic) bond motifs is 1. The molecule has 3 nitrogen and oxygen atoms in total. The van der Waals surface area contributed by atoms with Gasteiger partial charge in [0.2, 0.25) is 0 Å². The zero-order valence-electron chi connectivity index (χ0n) is 8.69. The van der Waals surface area contributed by atoms with Crippen LogP contribution in [0.2, 0.25) is 0 Å². The molecule has 0 aliphatic rings. The quantitative estimate of drug-likeness (QED) is 0.790. The van der Waals surface area contributed by atoms with Crippen LogP contribution in [0.15, 0.2) is 24.3 Å². The number of aromatic nitrogens is 1. The molecule has 0 radical (unpaired) electrons. The molecule has 2 rings (SSSR count). The van der Waals surface area contributed by atoms with Gasteiger partial charge < -0.3 is 10.1 Å². The summed E-state index contributed by atoms with van der Waals surface area (Å²) >= 11 is 1.52. The highest BCUT2D eigenvalue weighted by Crippen LogP contribution is 2.25. The van der Waals surface area contributed by atoms with E-state index in [2.05, 4.69) is 21.8 Å². The summed E-state index contributed by atoms with van der Waals surface area (Å²) in [5.41, 5.74) is 0. The van der Waals surface area contributed by atoms with Gasteiger partial charge in [-0.15, -0.1) is 0 Å². The summed E-state index contributed by atoms with van der Waals surface area (Å²) in [6, 6.07) is 8.23. The molecule has 0 bridgehead atoms. The largest absolute Gasteiger partial charge is 0.380 e. The lowest BCUT2D eigenvalue weighted by Gasteiger charge is -2.03. The van der Waals surface area contributed by atoms with Crippen LogP contribution >= 0.6 is 11.5 Å². The molecule has 15 heavy (non-hydrogen) atoms. The van der Waals surface area contributed by atoms with E-state index in [1.54, 1.807) is 0 Å². The third-order valence-corrected chi connectivity index (χ3v) is 2.95. The predicted molar refractivity (Wildman–Crippen MR) is 64.6 cm³/mol. The van der Waals surface area contributed by atoms with E-state index >= 15 is 0 Å². The van der Waals surface area contributed by atoms with Gasteiger partial charge in [-0.1, -0.05) is 12.1 Å². The summed E-state index contributed by atoms with van der Waals surface area (Å²) in [6.07, 6.45) is 0. The highest BCUT2D eigenvalue weighted by atomic mass is 32.1. The fourth-order valence-corrected chi connectivity index (χ4v) is 2.15. The fraction of sp³-hybridized carbons (Fsp3) is 0.364. The molecule has 2 aromatic rings. The Labute approximate surface area is 93.2 Å². The second kappa shape index (κ2) is 5.09. The molecule has 80 valence electrons. The first-order chi connectivity index (χ1) is 7.42. The summed E-state index contributed by atoms with van der Waals surface area (Å²) in [5, 5.41) is 4.47. The lowest BCUT2D eigenvalue weighted by Crippen LogP contribution is -2.09. The number of ether oxygens (including phenoxy) is 1. The highest BCUT2D eigenvalue weighted by Gasteiger charge is 2.03. The van der Waals surface area contributed by atoms with Crippen LogP contribution in [0.5, 0.6) is 0 Å². The molecule has 0 aliphatic carbocycles. The molecule has 0 unspecified atom stereocenters. The van der Waals surface area contributed by atoms with Crippen molar-refractivity contribution in [2.75, 3.05) is 25.1 Å². The van der Waals surface area contributed by atoms with Crippen molar-refractivity contribution in [3.05, 3.63) is 24.3 Å². The maximum atomic E-state index is 5.26.